The van der Waals surface area contributed by atoms with Crippen LogP contribution in [-0.4, -0.2) is 20.1 Å². The number of nitrogens with two attached hydrogens (primary N) is 1. The Labute approximate surface area is 149 Å². The molecule has 25 heavy (non-hydrogen) atoms. The molecule has 0 saturated carbocycles. The first-order chi connectivity index (χ1) is 12.0. The van der Waals surface area contributed by atoms with Crippen LogP contribution in [0.4, 0.5) is 5.69 Å². The van der Waals surface area contributed by atoms with Crippen LogP contribution in [0.3, 0.4) is 0 Å². The summed E-state index contributed by atoms with van der Waals surface area (Å²) in [7, 11) is -3.32. The van der Waals surface area contributed by atoms with Gasteiger partial charge in [0.05, 0.1) is 10.6 Å². The Bertz CT molecular complexity index is 818. The molecule has 1 amide bonds. The molecule has 6 heteroatoms. The van der Waals surface area contributed by atoms with Gasteiger partial charge in [0.2, 0.25) is 5.91 Å². The molecule has 0 radical (unpaired) electrons. The second kappa shape index (κ2) is 8.78. The molecule has 134 valence electrons. The number of hydrogen-bond donors (Lipinski definition) is 2. The lowest BCUT2D eigenvalue weighted by molar-refractivity contribution is -0.116. The van der Waals surface area contributed by atoms with Gasteiger partial charge in [0, 0.05) is 18.7 Å². The molecule has 0 aliphatic rings. The summed E-state index contributed by atoms with van der Waals surface area (Å²) >= 11 is 0. The number of carbonyl (C=O) groups is 1. The van der Waals surface area contributed by atoms with Gasteiger partial charge >= 0.3 is 0 Å². The van der Waals surface area contributed by atoms with Gasteiger partial charge in [-0.2, -0.15) is 0 Å². The van der Waals surface area contributed by atoms with Gasteiger partial charge in [-0.1, -0.05) is 37.3 Å². The van der Waals surface area contributed by atoms with Crippen molar-refractivity contribution in [3.63, 3.8) is 0 Å². The quantitative estimate of drug-likeness (QED) is 0.757. The zero-order valence-electron chi connectivity index (χ0n) is 14.4. The molecular formula is C19H24N2O3S. The number of carbonyl (C=O) groups excluding carboxylic acids is 1. The van der Waals surface area contributed by atoms with Gasteiger partial charge in [-0.25, -0.2) is 8.42 Å². The largest absolute Gasteiger partial charge is 0.326 e. The van der Waals surface area contributed by atoms with Crippen molar-refractivity contribution in [1.82, 2.24) is 0 Å². The van der Waals surface area contributed by atoms with Crippen LogP contribution in [0.15, 0.2) is 53.4 Å². The lowest BCUT2D eigenvalue weighted by Gasteiger charge is -2.11. The first-order valence-corrected chi connectivity index (χ1v) is 10.0. The maximum atomic E-state index is 12.1. The molecule has 3 N–H and O–H groups in total. The standard InChI is InChI=1S/C19H24N2O3S/c1-2-25(23,24)18-12-11-17(13-16(18)14-20)21-19(22)10-6-9-15-7-4-3-5-8-15/h3-5,7-8,11-13H,2,6,9-10,14,20H2,1H3,(H,21,22). The Morgan fingerprint density at radius 2 is 1.84 bits per heavy atom. The van der Waals surface area contributed by atoms with E-state index in [1.165, 1.54) is 11.6 Å². The number of benzene rings is 2. The smallest absolute Gasteiger partial charge is 0.224 e. The molecule has 0 aliphatic heterocycles. The van der Waals surface area contributed by atoms with Crippen molar-refractivity contribution >= 4 is 21.4 Å². The van der Waals surface area contributed by atoms with Gasteiger partial charge in [0.1, 0.15) is 0 Å². The van der Waals surface area contributed by atoms with Crippen LogP contribution < -0.4 is 11.1 Å². The van der Waals surface area contributed by atoms with E-state index in [1.807, 2.05) is 30.3 Å². The lowest BCUT2D eigenvalue weighted by atomic mass is 10.1. The summed E-state index contributed by atoms with van der Waals surface area (Å²) < 4.78 is 24.1. The fourth-order valence-corrected chi connectivity index (χ4v) is 3.72. The van der Waals surface area contributed by atoms with E-state index in [9.17, 15) is 13.2 Å². The highest BCUT2D eigenvalue weighted by atomic mass is 32.2. The number of anilines is 1. The minimum atomic E-state index is -3.32. The van der Waals surface area contributed by atoms with Crippen LogP contribution in [0.25, 0.3) is 0 Å². The maximum Gasteiger partial charge on any atom is 0.224 e. The molecule has 0 spiro atoms. The van der Waals surface area contributed by atoms with Gasteiger partial charge in [0.25, 0.3) is 0 Å². The van der Waals surface area contributed by atoms with Crippen molar-refractivity contribution in [2.45, 2.75) is 37.6 Å². The molecule has 0 atom stereocenters. The van der Waals surface area contributed by atoms with Crippen LogP contribution in [0.5, 0.6) is 0 Å². The van der Waals surface area contributed by atoms with Crippen LogP contribution in [0, 0.1) is 0 Å². The Morgan fingerprint density at radius 1 is 1.12 bits per heavy atom. The van der Waals surface area contributed by atoms with Gasteiger partial charge in [-0.05, 0) is 42.2 Å². The molecular weight excluding hydrogens is 336 g/mol. The Hall–Kier alpha value is -2.18. The van der Waals surface area contributed by atoms with Crippen molar-refractivity contribution in [2.75, 3.05) is 11.1 Å². The highest BCUT2D eigenvalue weighted by Gasteiger charge is 2.16. The zero-order valence-corrected chi connectivity index (χ0v) is 15.2. The van der Waals surface area contributed by atoms with E-state index in [4.69, 9.17) is 5.73 Å². The summed E-state index contributed by atoms with van der Waals surface area (Å²) in [6.45, 7) is 1.70. The average Bonchev–Trinajstić information content (AvgIpc) is 2.62. The third kappa shape index (κ3) is 5.41. The first kappa shape index (κ1) is 19.1. The number of rotatable bonds is 8. The normalized spacial score (nSPS) is 11.3. The van der Waals surface area contributed by atoms with E-state index < -0.39 is 9.84 Å². The molecule has 2 aromatic carbocycles. The molecule has 5 nitrogen and oxygen atoms in total. The molecule has 0 bridgehead atoms. The van der Waals surface area contributed by atoms with E-state index in [1.54, 1.807) is 19.1 Å². The highest BCUT2D eigenvalue weighted by Crippen LogP contribution is 2.21. The summed E-state index contributed by atoms with van der Waals surface area (Å²) in [5.74, 6) is -0.0736. The Balaban J connectivity index is 1.96. The SMILES string of the molecule is CCS(=O)(=O)c1ccc(NC(=O)CCCc2ccccc2)cc1CN. The fourth-order valence-electron chi connectivity index (χ4n) is 2.60. The van der Waals surface area contributed by atoms with Crippen molar-refractivity contribution in [3.05, 3.63) is 59.7 Å². The first-order valence-electron chi connectivity index (χ1n) is 8.35. The van der Waals surface area contributed by atoms with Crippen LogP contribution in [0.2, 0.25) is 0 Å². The molecule has 0 aromatic heterocycles. The summed E-state index contributed by atoms with van der Waals surface area (Å²) in [5, 5.41) is 2.81. The van der Waals surface area contributed by atoms with E-state index in [0.29, 0.717) is 17.7 Å². The number of aryl methyl sites for hydroxylation is 1. The van der Waals surface area contributed by atoms with Gasteiger partial charge in [-0.3, -0.25) is 4.79 Å². The second-order valence-corrected chi connectivity index (χ2v) is 8.06. The van der Waals surface area contributed by atoms with Crippen molar-refractivity contribution in [1.29, 1.82) is 0 Å². The third-order valence-corrected chi connectivity index (χ3v) is 5.82. The molecule has 2 aromatic rings. The molecule has 0 fully saturated rings. The number of sulfone groups is 1. The van der Waals surface area contributed by atoms with Crippen LogP contribution in [0.1, 0.15) is 30.9 Å². The predicted octanol–water partition coefficient (Wildman–Crippen LogP) is 2.90. The lowest BCUT2D eigenvalue weighted by Crippen LogP contribution is -2.14. The van der Waals surface area contributed by atoms with E-state index in [0.717, 1.165) is 12.8 Å². The Morgan fingerprint density at radius 3 is 2.48 bits per heavy atom. The molecule has 2 rings (SSSR count). The number of hydrogen-bond acceptors (Lipinski definition) is 4. The minimum Gasteiger partial charge on any atom is -0.326 e. The highest BCUT2D eigenvalue weighted by molar-refractivity contribution is 7.91. The van der Waals surface area contributed by atoms with E-state index >= 15 is 0 Å². The van der Waals surface area contributed by atoms with Crippen molar-refractivity contribution in [2.24, 2.45) is 5.73 Å². The topological polar surface area (TPSA) is 89.3 Å². The van der Waals surface area contributed by atoms with Crippen LogP contribution in [-0.2, 0) is 27.6 Å². The summed E-state index contributed by atoms with van der Waals surface area (Å²) in [6.07, 6.45) is 2.00. The summed E-state index contributed by atoms with van der Waals surface area (Å²) in [5.41, 5.74) is 7.96. The fraction of sp³-hybridized carbons (Fsp3) is 0.316. The molecule has 0 saturated heterocycles. The maximum absolute atomic E-state index is 12.1. The number of nitrogens with one attached hydrogen (secondary N) is 1. The van der Waals surface area contributed by atoms with Gasteiger partial charge in [0.15, 0.2) is 9.84 Å². The Kier molecular flexibility index (Phi) is 6.73. The summed E-state index contributed by atoms with van der Waals surface area (Å²) in [6, 6.07) is 14.8. The monoisotopic (exact) mass is 360 g/mol. The predicted molar refractivity (Wildman–Crippen MR) is 100 cm³/mol. The van der Waals surface area contributed by atoms with Crippen molar-refractivity contribution < 1.29 is 13.2 Å². The van der Waals surface area contributed by atoms with Gasteiger partial charge < -0.3 is 11.1 Å². The van der Waals surface area contributed by atoms with Gasteiger partial charge in [-0.15, -0.1) is 0 Å². The van der Waals surface area contributed by atoms with E-state index in [-0.39, 0.29) is 23.1 Å². The molecule has 0 aliphatic carbocycles. The average molecular weight is 360 g/mol. The third-order valence-electron chi connectivity index (χ3n) is 3.99. The minimum absolute atomic E-state index is 0.0190. The molecule has 0 heterocycles. The number of amides is 1. The van der Waals surface area contributed by atoms with Crippen LogP contribution >= 0.6 is 0 Å². The van der Waals surface area contributed by atoms with E-state index in [2.05, 4.69) is 5.32 Å². The molecule has 0 unspecified atom stereocenters. The van der Waals surface area contributed by atoms with Crippen molar-refractivity contribution in [3.8, 4) is 0 Å². The summed E-state index contributed by atoms with van der Waals surface area (Å²) in [4.78, 5) is 12.3. The second-order valence-electron chi connectivity index (χ2n) is 5.82. The zero-order chi connectivity index (χ0) is 18.3.